The van der Waals surface area contributed by atoms with Gasteiger partial charge in [-0.15, -0.1) is 0 Å². The van der Waals surface area contributed by atoms with Crippen LogP contribution in [-0.4, -0.2) is 36.5 Å². The summed E-state index contributed by atoms with van der Waals surface area (Å²) in [6.45, 7) is 9.00. The summed E-state index contributed by atoms with van der Waals surface area (Å²) in [5.41, 5.74) is 0. The molecule has 0 heterocycles. The van der Waals surface area contributed by atoms with Gasteiger partial charge in [-0.05, 0) is 18.9 Å². The predicted octanol–water partition coefficient (Wildman–Crippen LogP) is 2.14. The number of unbranched alkanes of at least 4 members (excludes halogenated alkanes) is 1. The molecular formula is C13H23NO3. The van der Waals surface area contributed by atoms with Gasteiger partial charge in [0, 0.05) is 13.1 Å². The van der Waals surface area contributed by atoms with Crippen molar-refractivity contribution in [3.8, 4) is 0 Å². The van der Waals surface area contributed by atoms with Crippen LogP contribution in [0.4, 0.5) is 0 Å². The molecule has 0 aliphatic carbocycles. The lowest BCUT2D eigenvalue weighted by atomic mass is 10.3. The summed E-state index contributed by atoms with van der Waals surface area (Å²) in [6.07, 6.45) is 4.28. The fraction of sp³-hybridized carbons (Fsp3) is 0.692. The van der Waals surface area contributed by atoms with E-state index >= 15 is 0 Å². The van der Waals surface area contributed by atoms with Crippen molar-refractivity contribution in [2.45, 2.75) is 39.5 Å². The van der Waals surface area contributed by atoms with Crippen molar-refractivity contribution >= 4 is 11.9 Å². The summed E-state index contributed by atoms with van der Waals surface area (Å²) in [5, 5.41) is 0. The van der Waals surface area contributed by atoms with Crippen LogP contribution in [0.1, 0.15) is 39.5 Å². The maximum Gasteiger partial charge on any atom is 0.307 e. The Morgan fingerprint density at radius 2 is 1.94 bits per heavy atom. The van der Waals surface area contributed by atoms with Gasteiger partial charge in [0.15, 0.2) is 0 Å². The van der Waals surface area contributed by atoms with E-state index in [1.807, 2.05) is 13.8 Å². The lowest BCUT2D eigenvalue weighted by Gasteiger charge is -2.19. The predicted molar refractivity (Wildman–Crippen MR) is 67.6 cm³/mol. The highest BCUT2D eigenvalue weighted by molar-refractivity contribution is 5.87. The van der Waals surface area contributed by atoms with Crippen molar-refractivity contribution in [3.63, 3.8) is 0 Å². The summed E-state index contributed by atoms with van der Waals surface area (Å²) in [4.78, 5) is 24.4. The molecule has 0 saturated carbocycles. The number of rotatable bonds is 9. The Labute approximate surface area is 104 Å². The highest BCUT2D eigenvalue weighted by Gasteiger charge is 2.11. The summed E-state index contributed by atoms with van der Waals surface area (Å²) >= 11 is 0. The monoisotopic (exact) mass is 241 g/mol. The fourth-order valence-electron chi connectivity index (χ4n) is 1.36. The Morgan fingerprint density at radius 3 is 2.47 bits per heavy atom. The molecule has 0 aliphatic heterocycles. The molecule has 0 rings (SSSR count). The third-order valence-corrected chi connectivity index (χ3v) is 2.33. The Morgan fingerprint density at radius 1 is 1.24 bits per heavy atom. The highest BCUT2D eigenvalue weighted by atomic mass is 16.5. The molecule has 0 saturated heterocycles. The van der Waals surface area contributed by atoms with E-state index < -0.39 is 0 Å². The smallest absolute Gasteiger partial charge is 0.307 e. The largest absolute Gasteiger partial charge is 0.466 e. The van der Waals surface area contributed by atoms with Crippen molar-refractivity contribution in [1.82, 2.24) is 4.90 Å². The van der Waals surface area contributed by atoms with Gasteiger partial charge in [0.2, 0.25) is 5.91 Å². The SMILES string of the molecule is C=CC(=O)N(CCC)CCC(=O)OCCCC. The molecule has 1 amide bonds. The van der Waals surface area contributed by atoms with Gasteiger partial charge in [-0.1, -0.05) is 26.8 Å². The van der Waals surface area contributed by atoms with Crippen LogP contribution in [0.25, 0.3) is 0 Å². The van der Waals surface area contributed by atoms with Gasteiger partial charge in [-0.2, -0.15) is 0 Å². The lowest BCUT2D eigenvalue weighted by Crippen LogP contribution is -2.32. The molecule has 0 aromatic carbocycles. The number of esters is 1. The molecule has 0 spiro atoms. The minimum atomic E-state index is -0.239. The molecule has 0 atom stereocenters. The minimum absolute atomic E-state index is 0.131. The fourth-order valence-corrected chi connectivity index (χ4v) is 1.36. The summed E-state index contributed by atoms with van der Waals surface area (Å²) in [7, 11) is 0. The Bertz CT molecular complexity index is 251. The molecule has 0 aliphatic rings. The van der Waals surface area contributed by atoms with Gasteiger partial charge in [0.05, 0.1) is 13.0 Å². The number of ether oxygens (including phenoxy) is 1. The lowest BCUT2D eigenvalue weighted by molar-refractivity contribution is -0.144. The van der Waals surface area contributed by atoms with E-state index in [1.165, 1.54) is 6.08 Å². The van der Waals surface area contributed by atoms with Crippen LogP contribution in [0, 0.1) is 0 Å². The van der Waals surface area contributed by atoms with Gasteiger partial charge in [0.25, 0.3) is 0 Å². The quantitative estimate of drug-likeness (QED) is 0.353. The first-order valence-corrected chi connectivity index (χ1v) is 6.22. The minimum Gasteiger partial charge on any atom is -0.466 e. The topological polar surface area (TPSA) is 46.6 Å². The molecule has 0 fully saturated rings. The van der Waals surface area contributed by atoms with E-state index in [9.17, 15) is 9.59 Å². The first-order valence-electron chi connectivity index (χ1n) is 6.22. The third-order valence-electron chi connectivity index (χ3n) is 2.33. The first-order chi connectivity index (χ1) is 8.15. The summed E-state index contributed by atoms with van der Waals surface area (Å²) < 4.78 is 5.02. The van der Waals surface area contributed by atoms with E-state index in [1.54, 1.807) is 4.90 Å². The Balaban J connectivity index is 3.90. The molecule has 4 nitrogen and oxygen atoms in total. The average Bonchev–Trinajstić information content (AvgIpc) is 2.33. The first kappa shape index (κ1) is 15.7. The maximum atomic E-state index is 11.4. The number of carbonyl (C=O) groups is 2. The van der Waals surface area contributed by atoms with Crippen LogP contribution in [0.2, 0.25) is 0 Å². The second-order valence-corrected chi connectivity index (χ2v) is 3.85. The van der Waals surface area contributed by atoms with Gasteiger partial charge < -0.3 is 9.64 Å². The van der Waals surface area contributed by atoms with Gasteiger partial charge in [-0.3, -0.25) is 9.59 Å². The zero-order valence-corrected chi connectivity index (χ0v) is 10.9. The normalized spacial score (nSPS) is 9.76. The Hall–Kier alpha value is -1.32. The van der Waals surface area contributed by atoms with Crippen molar-refractivity contribution in [3.05, 3.63) is 12.7 Å². The summed E-state index contributed by atoms with van der Waals surface area (Å²) in [5.74, 6) is -0.371. The second-order valence-electron chi connectivity index (χ2n) is 3.85. The molecule has 0 N–H and O–H groups in total. The molecule has 0 unspecified atom stereocenters. The van der Waals surface area contributed by atoms with Gasteiger partial charge >= 0.3 is 5.97 Å². The molecule has 17 heavy (non-hydrogen) atoms. The van der Waals surface area contributed by atoms with Crippen molar-refractivity contribution in [2.75, 3.05) is 19.7 Å². The molecule has 98 valence electrons. The van der Waals surface area contributed by atoms with E-state index in [4.69, 9.17) is 4.74 Å². The van der Waals surface area contributed by atoms with Crippen LogP contribution >= 0.6 is 0 Å². The van der Waals surface area contributed by atoms with Crippen molar-refractivity contribution < 1.29 is 14.3 Å². The van der Waals surface area contributed by atoms with E-state index in [-0.39, 0.29) is 18.3 Å². The van der Waals surface area contributed by atoms with Crippen LogP contribution in [0.3, 0.4) is 0 Å². The average molecular weight is 241 g/mol. The Kier molecular flexibility index (Phi) is 9.11. The zero-order chi connectivity index (χ0) is 13.1. The van der Waals surface area contributed by atoms with E-state index in [0.29, 0.717) is 19.7 Å². The molecule has 4 heteroatoms. The second kappa shape index (κ2) is 9.87. The van der Waals surface area contributed by atoms with Crippen molar-refractivity contribution in [1.29, 1.82) is 0 Å². The number of nitrogens with zero attached hydrogens (tertiary/aromatic N) is 1. The molecule has 0 bridgehead atoms. The van der Waals surface area contributed by atoms with E-state index in [0.717, 1.165) is 19.3 Å². The number of hydrogen-bond acceptors (Lipinski definition) is 3. The molecule has 0 aromatic heterocycles. The molecule has 0 radical (unpaired) electrons. The standard InChI is InChI=1S/C13H23NO3/c1-4-7-11-17-13(16)8-10-14(9-5-2)12(15)6-3/h6H,3-5,7-11H2,1-2H3. The van der Waals surface area contributed by atoms with Gasteiger partial charge in [-0.25, -0.2) is 0 Å². The molecule has 0 aromatic rings. The van der Waals surface area contributed by atoms with Crippen LogP contribution in [0.15, 0.2) is 12.7 Å². The van der Waals surface area contributed by atoms with Crippen molar-refractivity contribution in [2.24, 2.45) is 0 Å². The van der Waals surface area contributed by atoms with Gasteiger partial charge in [0.1, 0.15) is 0 Å². The van der Waals surface area contributed by atoms with E-state index in [2.05, 4.69) is 6.58 Å². The summed E-state index contributed by atoms with van der Waals surface area (Å²) in [6, 6.07) is 0. The third kappa shape index (κ3) is 7.55. The number of hydrogen-bond donors (Lipinski definition) is 0. The molecular weight excluding hydrogens is 218 g/mol. The van der Waals surface area contributed by atoms with Crippen LogP contribution < -0.4 is 0 Å². The maximum absolute atomic E-state index is 11.4. The number of amides is 1. The zero-order valence-electron chi connectivity index (χ0n) is 10.9. The van der Waals surface area contributed by atoms with Crippen LogP contribution in [0.5, 0.6) is 0 Å². The number of carbonyl (C=O) groups excluding carboxylic acids is 2. The van der Waals surface area contributed by atoms with Crippen LogP contribution in [-0.2, 0) is 14.3 Å². The highest BCUT2D eigenvalue weighted by Crippen LogP contribution is 1.99.